The van der Waals surface area contributed by atoms with Crippen LogP contribution in [0, 0.1) is 11.7 Å². The maximum atomic E-state index is 14.0. The van der Waals surface area contributed by atoms with Gasteiger partial charge in [-0.2, -0.15) is 0 Å². The minimum atomic E-state index is -2.87. The average Bonchev–Trinajstić information content (AvgIpc) is 3.41. The van der Waals surface area contributed by atoms with Crippen molar-refractivity contribution in [3.05, 3.63) is 29.6 Å². The number of likely N-dealkylation sites (tertiary alicyclic amines) is 1. The largest absolute Gasteiger partial charge is 0.453 e. The monoisotopic (exact) mass is 515 g/mol. The van der Waals surface area contributed by atoms with Gasteiger partial charge in [0.05, 0.1) is 31.9 Å². The number of ether oxygens (including phenoxy) is 2. The number of halogens is 1. The van der Waals surface area contributed by atoms with E-state index in [1.807, 2.05) is 6.92 Å². The number of rotatable bonds is 7. The highest BCUT2D eigenvalue weighted by atomic mass is 32.2. The van der Waals surface area contributed by atoms with Crippen LogP contribution in [0.3, 0.4) is 0 Å². The van der Waals surface area contributed by atoms with Crippen molar-refractivity contribution in [2.75, 3.05) is 27.8 Å². The molecule has 1 saturated heterocycles. The second-order valence-corrected chi connectivity index (χ2v) is 11.6. The molecule has 2 aliphatic carbocycles. The van der Waals surface area contributed by atoms with Gasteiger partial charge < -0.3 is 9.47 Å². The molecule has 190 valence electrons. The van der Waals surface area contributed by atoms with Crippen LogP contribution in [0.15, 0.2) is 18.2 Å². The van der Waals surface area contributed by atoms with E-state index < -0.39 is 29.1 Å². The Balaban J connectivity index is 1.45. The van der Waals surface area contributed by atoms with Crippen LogP contribution in [0.1, 0.15) is 44.6 Å². The van der Waals surface area contributed by atoms with E-state index in [9.17, 15) is 17.6 Å². The predicted molar refractivity (Wildman–Crippen MR) is 131 cm³/mol. The third-order valence-corrected chi connectivity index (χ3v) is 9.13. The third kappa shape index (κ3) is 4.85. The van der Waals surface area contributed by atoms with Crippen LogP contribution < -0.4 is 5.30 Å². The summed E-state index contributed by atoms with van der Waals surface area (Å²) in [5, 5.41) is 2.40. The van der Waals surface area contributed by atoms with Gasteiger partial charge in [0.15, 0.2) is 0 Å². The van der Waals surface area contributed by atoms with Crippen LogP contribution in [0.4, 0.5) is 9.18 Å². The molecule has 0 bridgehead atoms. The summed E-state index contributed by atoms with van der Waals surface area (Å²) in [6.07, 6.45) is 3.72. The number of carbonyl (C=O) groups is 1. The topological polar surface area (TPSA) is 79.4 Å². The van der Waals surface area contributed by atoms with Crippen molar-refractivity contribution in [1.82, 2.24) is 14.3 Å². The Morgan fingerprint density at radius 2 is 2.03 bits per heavy atom. The zero-order chi connectivity index (χ0) is 24.8. The molecule has 3 fully saturated rings. The first-order chi connectivity index (χ1) is 16.1. The van der Waals surface area contributed by atoms with Crippen LogP contribution in [0.25, 0.3) is 0 Å². The lowest BCUT2D eigenvalue weighted by molar-refractivity contribution is -0.0273. The molecule has 4 rings (SSSR count). The molecule has 7 unspecified atom stereocenters. The lowest BCUT2D eigenvalue weighted by atomic mass is 9.81. The Morgan fingerprint density at radius 1 is 1.29 bits per heavy atom. The van der Waals surface area contributed by atoms with Crippen molar-refractivity contribution >= 4 is 31.5 Å². The van der Waals surface area contributed by atoms with Crippen LogP contribution in [0.5, 0.6) is 0 Å². The van der Waals surface area contributed by atoms with Gasteiger partial charge in [-0.1, -0.05) is 6.07 Å². The quantitative estimate of drug-likeness (QED) is 0.340. The van der Waals surface area contributed by atoms with E-state index >= 15 is 0 Å². The Kier molecular flexibility index (Phi) is 7.56. The van der Waals surface area contributed by atoms with Crippen LogP contribution in [-0.2, 0) is 25.8 Å². The second kappa shape index (κ2) is 9.97. The fourth-order valence-corrected chi connectivity index (χ4v) is 7.31. The Labute approximate surface area is 205 Å². The number of methoxy groups -OCH3 is 1. The van der Waals surface area contributed by atoms with Crippen molar-refractivity contribution in [2.24, 2.45) is 5.92 Å². The molecule has 0 aromatic heterocycles. The molecule has 1 aliphatic heterocycles. The fourth-order valence-electron chi connectivity index (χ4n) is 6.19. The second-order valence-electron chi connectivity index (χ2n) is 10.1. The molecular formula is C23H35FN3O5PS. The molecular weight excluding hydrogens is 480 g/mol. The van der Waals surface area contributed by atoms with Gasteiger partial charge in [-0.15, -0.1) is 13.7 Å². The number of carbonyl (C=O) groups excluding carboxylic acids is 1. The summed E-state index contributed by atoms with van der Waals surface area (Å²) in [6.45, 7) is 2.13. The highest BCUT2D eigenvalue weighted by molar-refractivity contribution is 7.69. The molecule has 8 nitrogen and oxygen atoms in total. The highest BCUT2D eigenvalue weighted by Crippen LogP contribution is 2.62. The molecule has 1 aromatic rings. The third-order valence-electron chi connectivity index (χ3n) is 7.81. The predicted octanol–water partition coefficient (Wildman–Crippen LogP) is 2.06. The van der Waals surface area contributed by atoms with Crippen molar-refractivity contribution in [3.63, 3.8) is 0 Å². The van der Waals surface area contributed by atoms with Gasteiger partial charge in [0.1, 0.15) is 5.82 Å². The first-order valence-corrected chi connectivity index (χ1v) is 13.4. The molecule has 0 radical (unpaired) electrons. The van der Waals surface area contributed by atoms with E-state index in [0.29, 0.717) is 12.3 Å². The van der Waals surface area contributed by atoms with Gasteiger partial charge in [-0.25, -0.2) is 22.6 Å². The van der Waals surface area contributed by atoms with Gasteiger partial charge in [-0.3, -0.25) is 4.90 Å². The number of thiol groups is 1. The molecule has 7 atom stereocenters. The Morgan fingerprint density at radius 3 is 2.62 bits per heavy atom. The lowest BCUT2D eigenvalue weighted by Crippen LogP contribution is -2.53. The fraction of sp³-hybridized carbons (Fsp3) is 0.696. The maximum Gasteiger partial charge on any atom is 0.410 e. The molecule has 0 N–H and O–H groups in total. The van der Waals surface area contributed by atoms with E-state index in [4.69, 9.17) is 9.47 Å². The number of benzene rings is 1. The molecule has 11 heteroatoms. The summed E-state index contributed by atoms with van der Waals surface area (Å²) in [5.41, 5.74) is 1.11. The number of hydrogen-bond acceptors (Lipinski definition) is 6. The smallest absolute Gasteiger partial charge is 0.410 e. The highest BCUT2D eigenvalue weighted by Gasteiger charge is 2.58. The van der Waals surface area contributed by atoms with E-state index in [2.05, 4.69) is 15.3 Å². The summed E-state index contributed by atoms with van der Waals surface area (Å²) in [5.74, 6) is 0.245. The van der Waals surface area contributed by atoms with Gasteiger partial charge in [0, 0.05) is 20.1 Å². The molecule has 0 spiro atoms. The first-order valence-electron chi connectivity index (χ1n) is 11.7. The number of hydrazine groups is 1. The maximum absolute atomic E-state index is 14.0. The average molecular weight is 516 g/mol. The summed E-state index contributed by atoms with van der Waals surface area (Å²) >= 11 is 0. The summed E-state index contributed by atoms with van der Waals surface area (Å²) in [4.78, 5) is 14.1. The molecule has 1 amide bonds. The zero-order valence-electron chi connectivity index (χ0n) is 20.1. The molecule has 34 heavy (non-hydrogen) atoms. The SMILES string of the molecule is COC(=O)N1C(C)CC(N(N(C)C)[SH](=O)=O)C1COC1CCC2(c3cc(F)cc(P)c3)CC2C1. The number of hydrogen-bond donors (Lipinski definition) is 1. The van der Waals surface area contributed by atoms with E-state index in [1.54, 1.807) is 25.1 Å². The number of fused-ring (bicyclic) bond motifs is 1. The summed E-state index contributed by atoms with van der Waals surface area (Å²) in [6, 6.07) is 4.18. The van der Waals surface area contributed by atoms with Crippen molar-refractivity contribution in [2.45, 2.75) is 68.7 Å². The van der Waals surface area contributed by atoms with Gasteiger partial charge in [0.2, 0.25) is 10.9 Å². The van der Waals surface area contributed by atoms with E-state index in [-0.39, 0.29) is 30.0 Å². The minimum Gasteiger partial charge on any atom is -0.453 e. The van der Waals surface area contributed by atoms with Crippen molar-refractivity contribution in [1.29, 1.82) is 0 Å². The Hall–Kier alpha value is -1.32. The Bertz CT molecular complexity index is 983. The standard InChI is InChI=1S/C23H35FN3O5PS/c1-14-7-20(27(25(2)3)34(29)30)21(26(14)22(28)31-4)13-32-18-5-6-23(12-16(23)9-18)15-8-17(24)11-19(33)10-15/h8,10-11,14,16,18,20-21,34H,5-7,9,12-13,33H2,1-4H3. The van der Waals surface area contributed by atoms with Crippen molar-refractivity contribution in [3.8, 4) is 0 Å². The van der Waals surface area contributed by atoms with Crippen LogP contribution >= 0.6 is 9.24 Å². The molecule has 2 saturated carbocycles. The summed E-state index contributed by atoms with van der Waals surface area (Å²) in [7, 11) is 4.39. The first kappa shape index (κ1) is 25.8. The molecule has 1 heterocycles. The zero-order valence-corrected chi connectivity index (χ0v) is 22.2. The molecule has 3 aliphatic rings. The normalized spacial score (nSPS) is 33.0. The van der Waals surface area contributed by atoms with E-state index in [1.165, 1.54) is 22.6 Å². The van der Waals surface area contributed by atoms with Gasteiger partial charge >= 0.3 is 6.09 Å². The lowest BCUT2D eigenvalue weighted by Gasteiger charge is -2.36. The molecule has 1 aromatic carbocycles. The number of amides is 1. The van der Waals surface area contributed by atoms with E-state index in [0.717, 1.165) is 36.6 Å². The van der Waals surface area contributed by atoms with Gasteiger partial charge in [-0.05, 0) is 73.4 Å². The van der Waals surface area contributed by atoms with Crippen molar-refractivity contribution < 1.29 is 27.1 Å². The van der Waals surface area contributed by atoms with Crippen LogP contribution in [0.2, 0.25) is 0 Å². The van der Waals surface area contributed by atoms with Gasteiger partial charge in [0.25, 0.3) is 0 Å². The number of nitrogens with zero attached hydrogens (tertiary/aromatic N) is 3. The minimum absolute atomic E-state index is 0.0227. The van der Waals surface area contributed by atoms with Crippen LogP contribution in [-0.4, -0.2) is 80.9 Å². The summed E-state index contributed by atoms with van der Waals surface area (Å²) < 4.78 is 50.7.